The molecule has 0 amide bonds. The number of carbonyl (C=O) groups excluding carboxylic acids is 1. The summed E-state index contributed by atoms with van der Waals surface area (Å²) in [6.07, 6.45) is 2.49. The van der Waals surface area contributed by atoms with Crippen molar-refractivity contribution in [3.8, 4) is 0 Å². The summed E-state index contributed by atoms with van der Waals surface area (Å²) in [5.41, 5.74) is 0. The average Bonchev–Trinajstić information content (AvgIpc) is 2.38. The van der Waals surface area contributed by atoms with Gasteiger partial charge in [-0.1, -0.05) is 13.8 Å². The highest BCUT2D eigenvalue weighted by Gasteiger charge is 2.19. The predicted molar refractivity (Wildman–Crippen MR) is 81.4 cm³/mol. The molecule has 0 aliphatic heterocycles. The Bertz CT molecular complexity index is 398. The number of thioether (sulfide) groups is 1. The number of aromatic nitrogens is 1. The molecule has 1 atom stereocenters. The van der Waals surface area contributed by atoms with Crippen molar-refractivity contribution < 1.29 is 9.53 Å². The lowest BCUT2D eigenvalue weighted by atomic mass is 10.2. The van der Waals surface area contributed by atoms with Crippen LogP contribution in [0.25, 0.3) is 0 Å². The minimum atomic E-state index is -0.257. The van der Waals surface area contributed by atoms with Crippen molar-refractivity contribution in [3.63, 3.8) is 0 Å². The van der Waals surface area contributed by atoms with E-state index in [1.807, 2.05) is 26.0 Å². The Labute approximate surface area is 126 Å². The van der Waals surface area contributed by atoms with Crippen molar-refractivity contribution in [1.29, 1.82) is 0 Å². The van der Waals surface area contributed by atoms with Crippen molar-refractivity contribution in [3.05, 3.63) is 22.8 Å². The SMILES string of the molecule is COC(=O)C(CCSc1ccc(Br)cn1)NC(C)C. The number of ether oxygens (including phenoxy) is 1. The first kappa shape index (κ1) is 16.5. The molecule has 1 heterocycles. The standard InChI is InChI=1S/C13H19BrN2O2S/c1-9(2)16-11(13(17)18-3)6-7-19-12-5-4-10(14)8-15-12/h4-5,8-9,11,16H,6-7H2,1-3H3. The van der Waals surface area contributed by atoms with E-state index in [1.165, 1.54) is 7.11 Å². The summed E-state index contributed by atoms with van der Waals surface area (Å²) in [5, 5.41) is 4.17. The van der Waals surface area contributed by atoms with Crippen molar-refractivity contribution in [2.75, 3.05) is 12.9 Å². The monoisotopic (exact) mass is 346 g/mol. The maximum Gasteiger partial charge on any atom is 0.322 e. The highest BCUT2D eigenvalue weighted by molar-refractivity contribution is 9.10. The molecule has 19 heavy (non-hydrogen) atoms. The number of rotatable bonds is 7. The molecule has 6 heteroatoms. The number of halogens is 1. The third-order valence-corrected chi connectivity index (χ3v) is 3.82. The van der Waals surface area contributed by atoms with Crippen LogP contribution in [0.5, 0.6) is 0 Å². The van der Waals surface area contributed by atoms with E-state index in [-0.39, 0.29) is 18.1 Å². The smallest absolute Gasteiger partial charge is 0.322 e. The molecule has 0 saturated heterocycles. The minimum Gasteiger partial charge on any atom is -0.468 e. The Morgan fingerprint density at radius 1 is 1.53 bits per heavy atom. The molecule has 1 N–H and O–H groups in total. The van der Waals surface area contributed by atoms with Gasteiger partial charge in [-0.15, -0.1) is 11.8 Å². The van der Waals surface area contributed by atoms with E-state index in [9.17, 15) is 4.79 Å². The van der Waals surface area contributed by atoms with Gasteiger partial charge in [0.2, 0.25) is 0 Å². The number of hydrogen-bond acceptors (Lipinski definition) is 5. The van der Waals surface area contributed by atoms with Gasteiger partial charge in [0.1, 0.15) is 6.04 Å². The van der Waals surface area contributed by atoms with Gasteiger partial charge in [0.05, 0.1) is 12.1 Å². The maximum absolute atomic E-state index is 11.6. The summed E-state index contributed by atoms with van der Waals surface area (Å²) >= 11 is 4.98. The molecule has 4 nitrogen and oxygen atoms in total. The normalized spacial score (nSPS) is 12.5. The molecule has 1 unspecified atom stereocenters. The zero-order chi connectivity index (χ0) is 14.3. The lowest BCUT2D eigenvalue weighted by Crippen LogP contribution is -2.41. The Kier molecular flexibility index (Phi) is 7.41. The highest BCUT2D eigenvalue weighted by Crippen LogP contribution is 2.19. The fourth-order valence-corrected chi connectivity index (χ4v) is 2.63. The Hall–Kier alpha value is -0.590. The number of pyridine rings is 1. The predicted octanol–water partition coefficient (Wildman–Crippen LogP) is 2.87. The topological polar surface area (TPSA) is 51.2 Å². The summed E-state index contributed by atoms with van der Waals surface area (Å²) in [5.74, 6) is 0.603. The van der Waals surface area contributed by atoms with E-state index in [2.05, 4.69) is 26.2 Å². The molecule has 1 aromatic rings. The van der Waals surface area contributed by atoms with Gasteiger partial charge in [0.25, 0.3) is 0 Å². The molecule has 0 saturated carbocycles. The van der Waals surface area contributed by atoms with Crippen LogP contribution in [0.2, 0.25) is 0 Å². The molecule has 0 bridgehead atoms. The average molecular weight is 347 g/mol. The molecule has 0 aliphatic carbocycles. The van der Waals surface area contributed by atoms with Crippen molar-refractivity contribution in [1.82, 2.24) is 10.3 Å². The maximum atomic E-state index is 11.6. The number of hydrogen-bond donors (Lipinski definition) is 1. The summed E-state index contributed by atoms with van der Waals surface area (Å²) in [6, 6.07) is 3.91. The fraction of sp³-hybridized carbons (Fsp3) is 0.538. The van der Waals surface area contributed by atoms with Crippen LogP contribution in [0.4, 0.5) is 0 Å². The van der Waals surface area contributed by atoms with Crippen molar-refractivity contribution in [2.45, 2.75) is 37.4 Å². The van der Waals surface area contributed by atoms with E-state index in [4.69, 9.17) is 4.74 Å². The molecular weight excluding hydrogens is 328 g/mol. The summed E-state index contributed by atoms with van der Waals surface area (Å²) in [6.45, 7) is 4.03. The molecule has 106 valence electrons. The van der Waals surface area contributed by atoms with Crippen LogP contribution in [0.3, 0.4) is 0 Å². The minimum absolute atomic E-state index is 0.210. The number of nitrogens with one attached hydrogen (secondary N) is 1. The Balaban J connectivity index is 2.43. The number of methoxy groups -OCH3 is 1. The van der Waals surface area contributed by atoms with Crippen molar-refractivity contribution in [2.24, 2.45) is 0 Å². The molecule has 0 aliphatic rings. The van der Waals surface area contributed by atoms with Crippen molar-refractivity contribution >= 4 is 33.7 Å². The fourth-order valence-electron chi connectivity index (χ4n) is 1.54. The van der Waals surface area contributed by atoms with Gasteiger partial charge in [0.15, 0.2) is 0 Å². The number of carbonyl (C=O) groups is 1. The van der Waals surface area contributed by atoms with Gasteiger partial charge >= 0.3 is 5.97 Å². The van der Waals surface area contributed by atoms with Crippen LogP contribution < -0.4 is 5.32 Å². The molecule has 1 rings (SSSR count). The lowest BCUT2D eigenvalue weighted by Gasteiger charge is -2.18. The number of esters is 1. The van der Waals surface area contributed by atoms with E-state index < -0.39 is 0 Å². The highest BCUT2D eigenvalue weighted by atomic mass is 79.9. The summed E-state index contributed by atoms with van der Waals surface area (Å²) < 4.78 is 5.76. The molecule has 0 radical (unpaired) electrons. The zero-order valence-corrected chi connectivity index (χ0v) is 13.8. The second-order valence-corrected chi connectivity index (χ2v) is 6.38. The van der Waals surface area contributed by atoms with Crippen LogP contribution in [0.15, 0.2) is 27.8 Å². The third-order valence-electron chi connectivity index (χ3n) is 2.38. The first-order chi connectivity index (χ1) is 9.02. The van der Waals surface area contributed by atoms with Gasteiger partial charge in [-0.05, 0) is 34.5 Å². The van der Waals surface area contributed by atoms with E-state index in [0.29, 0.717) is 6.42 Å². The van der Waals surface area contributed by atoms with Crippen LogP contribution >= 0.6 is 27.7 Å². The van der Waals surface area contributed by atoms with E-state index >= 15 is 0 Å². The first-order valence-corrected chi connectivity index (χ1v) is 7.89. The Morgan fingerprint density at radius 3 is 2.79 bits per heavy atom. The lowest BCUT2D eigenvalue weighted by molar-refractivity contribution is -0.143. The van der Waals surface area contributed by atoms with Gasteiger partial charge < -0.3 is 10.1 Å². The number of nitrogens with zero attached hydrogens (tertiary/aromatic N) is 1. The van der Waals surface area contributed by atoms with Crippen LogP contribution in [-0.4, -0.2) is 35.9 Å². The largest absolute Gasteiger partial charge is 0.468 e. The molecule has 0 fully saturated rings. The first-order valence-electron chi connectivity index (χ1n) is 6.11. The van der Waals surface area contributed by atoms with Gasteiger partial charge in [0, 0.05) is 22.5 Å². The van der Waals surface area contributed by atoms with Gasteiger partial charge in [-0.2, -0.15) is 0 Å². The zero-order valence-electron chi connectivity index (χ0n) is 11.4. The molecule has 0 spiro atoms. The second-order valence-electron chi connectivity index (χ2n) is 4.35. The van der Waals surface area contributed by atoms with Crippen LogP contribution in [-0.2, 0) is 9.53 Å². The molecule has 0 aromatic carbocycles. The second kappa shape index (κ2) is 8.55. The van der Waals surface area contributed by atoms with Gasteiger partial charge in [-0.3, -0.25) is 4.79 Å². The Morgan fingerprint density at radius 2 is 2.26 bits per heavy atom. The van der Waals surface area contributed by atoms with E-state index in [0.717, 1.165) is 15.3 Å². The van der Waals surface area contributed by atoms with E-state index in [1.54, 1.807) is 18.0 Å². The summed E-state index contributed by atoms with van der Waals surface area (Å²) in [7, 11) is 1.42. The van der Waals surface area contributed by atoms with Gasteiger partial charge in [-0.25, -0.2) is 4.98 Å². The third kappa shape index (κ3) is 6.40. The van der Waals surface area contributed by atoms with Crippen LogP contribution in [0.1, 0.15) is 20.3 Å². The summed E-state index contributed by atoms with van der Waals surface area (Å²) in [4.78, 5) is 15.9. The van der Waals surface area contributed by atoms with Crippen LogP contribution in [0, 0.1) is 0 Å². The molecular formula is C13H19BrN2O2S. The molecule has 1 aromatic heterocycles. The quantitative estimate of drug-likeness (QED) is 0.607.